The molecular weight excluding hydrogens is 2080 g/mol. The molecule has 130 heavy (non-hydrogen) atoms. The van der Waals surface area contributed by atoms with E-state index in [2.05, 4.69) is 40.1 Å². The molecule has 0 radical (unpaired) electrons. The standard InChI is InChI=1S/C22H30N2O18P2S2.C17H26N2O17P2S2.C16H26N2O16P2S2.6Na/c1-10-2-4-11(5-3-10)46(36,37)45-9-13-16(27)17(28)19(30)21(40-13)41-44(34,35)42-43(32,33)38-8-12-15(26)18(29)20(39-12)24-7-6-14(25)23-22(24)31;1-6(20)40-39-5-8-11(23)12(24)14(26)16(34-8)35-38(30,31)36-37(28,29)32-4-7-10(22)13(25)15(33-7)19-3-2-9(21)18-17(19)27;1-37-38-5-7-10(21)11(22)13(24)15(32-7)33-36(28,29)34-35(26,27)30-4-6-9(20)12(23)14(31-6)18-3-2-8(19)17-16(18)25;;;;;;/h2-7,12-13,15-21,26-30H,8-9H2,1H3,(H,32,33)(H,34,35)(H,23,25,31);2-3,7-8,10-16,22-26H,4-5H2,1H3,(H,28,29)(H,30,31)(H,18,21,27);2-3,6-7,9-15,20-24H,4-5H2,1H3,(H,26,27)(H,28,29)(H,17,19,25);;;;;;/q;;;6*+1/p-6. The first kappa shape index (κ1) is 129. The minimum Gasteiger partial charge on any atom is -0.756 e. The van der Waals surface area contributed by atoms with Crippen LogP contribution in [0.4, 0.5) is 0 Å². The van der Waals surface area contributed by atoms with Gasteiger partial charge in [-0.15, -0.1) is 0 Å². The Morgan fingerprint density at radius 1 is 0.392 bits per heavy atom. The number of aliphatic hydroxyl groups is 15. The normalized spacial score (nSPS) is 33.4. The number of nitrogens with one attached hydrogen (secondary N) is 3. The van der Waals surface area contributed by atoms with Gasteiger partial charge in [0.1, 0.15) is 110 Å². The van der Waals surface area contributed by atoms with Gasteiger partial charge < -0.3 is 148 Å². The number of benzene rings is 1. The number of aliphatic hydroxyl groups excluding tert-OH is 15. The summed E-state index contributed by atoms with van der Waals surface area (Å²) >= 11 is 0. The van der Waals surface area contributed by atoms with Crippen LogP contribution in [0, 0.1) is 6.92 Å². The molecule has 75 heteroatoms. The second kappa shape index (κ2) is 55.8. The van der Waals surface area contributed by atoms with Crippen molar-refractivity contribution in [2.24, 2.45) is 0 Å². The van der Waals surface area contributed by atoms with E-state index in [0.29, 0.717) is 13.7 Å². The number of phosphoric acid groups is 6. The first-order valence-corrected chi connectivity index (χ1v) is 51.3. The Labute approximate surface area is 882 Å². The molecule has 33 atom stereocenters. The Morgan fingerprint density at radius 2 is 0.662 bits per heavy atom. The molecule has 57 nitrogen and oxygen atoms in total. The third-order valence-corrected chi connectivity index (χ3v) is 32.6. The fraction of sp³-hybridized carbons (Fsp3) is 0.655. The second-order valence-electron chi connectivity index (χ2n) is 26.2. The summed E-state index contributed by atoms with van der Waals surface area (Å²) in [5.41, 5.74) is -4.57. The summed E-state index contributed by atoms with van der Waals surface area (Å²) in [6.45, 7) is -0.378. The molecule has 6 fully saturated rings. The van der Waals surface area contributed by atoms with Crippen molar-refractivity contribution in [1.82, 2.24) is 28.7 Å². The van der Waals surface area contributed by atoms with E-state index >= 15 is 0 Å². The summed E-state index contributed by atoms with van der Waals surface area (Å²) < 4.78 is 170. The summed E-state index contributed by atoms with van der Waals surface area (Å²) in [4.78, 5) is 159. The quantitative estimate of drug-likeness (QED) is 0.0117. The topological polar surface area (TPSA) is 898 Å². The number of hydrogen-bond donors (Lipinski definition) is 18. The molecule has 1 aromatic carbocycles. The van der Waals surface area contributed by atoms with Gasteiger partial charge >= 0.3 is 194 Å². The molecule has 10 rings (SSSR count). The molecule has 18 N–H and O–H groups in total. The predicted octanol–water partition coefficient (Wildman–Crippen LogP) is -29.8. The van der Waals surface area contributed by atoms with Crippen LogP contribution in [0.3, 0.4) is 0 Å². The van der Waals surface area contributed by atoms with Crippen LogP contribution < -0.4 is 240 Å². The van der Waals surface area contributed by atoms with Crippen LogP contribution in [0.25, 0.3) is 0 Å². The summed E-state index contributed by atoms with van der Waals surface area (Å²) in [7, 11) is -35.0. The molecule has 9 heterocycles. The Bertz CT molecular complexity index is 5140. The molecular formula is C55H76N6Na6O51P6S6. The van der Waals surface area contributed by atoms with Gasteiger partial charge in [0.05, 0.1) is 43.0 Å². The summed E-state index contributed by atoms with van der Waals surface area (Å²) in [5.74, 6) is -0.735. The van der Waals surface area contributed by atoms with E-state index in [-0.39, 0.29) is 210 Å². The first-order valence-electron chi connectivity index (χ1n) is 34.5. The largest absolute Gasteiger partial charge is 1.00 e. The molecule has 0 spiro atoms. The molecule has 3 aromatic heterocycles. The van der Waals surface area contributed by atoms with Crippen LogP contribution in [0.15, 0.2) is 94.7 Å². The van der Waals surface area contributed by atoms with E-state index in [4.69, 9.17) is 28.4 Å². The van der Waals surface area contributed by atoms with Crippen molar-refractivity contribution in [2.75, 3.05) is 43.3 Å². The van der Waals surface area contributed by atoms with Gasteiger partial charge in [-0.2, -0.15) is 0 Å². The minimum absolute atomic E-state index is 0. The Morgan fingerprint density at radius 3 is 0.931 bits per heavy atom. The van der Waals surface area contributed by atoms with Gasteiger partial charge in [0.2, 0.25) is 8.87 Å². The number of carbonyl (C=O) groups excluding carboxylic acids is 1. The van der Waals surface area contributed by atoms with Gasteiger partial charge in [-0.3, -0.25) is 88.8 Å². The number of aromatic amines is 3. The summed E-state index contributed by atoms with van der Waals surface area (Å²) in [6, 6.07) is 8.46. The fourth-order valence-corrected chi connectivity index (χ4v) is 23.4. The third kappa shape index (κ3) is 36.6. The zero-order valence-corrected chi connectivity index (χ0v) is 90.7. The van der Waals surface area contributed by atoms with E-state index < -0.39 is 281 Å². The fourth-order valence-electron chi connectivity index (χ4n) is 11.2. The summed E-state index contributed by atoms with van der Waals surface area (Å²) in [5, 5.41) is 151. The van der Waals surface area contributed by atoms with Crippen LogP contribution in [-0.2, 0) is 110 Å². The Kier molecular flexibility index (Phi) is 55.2. The Balaban J connectivity index is 0.000000648. The molecule has 704 valence electrons. The van der Waals surface area contributed by atoms with E-state index in [9.17, 15) is 175 Å². The zero-order chi connectivity index (χ0) is 92.6. The van der Waals surface area contributed by atoms with Gasteiger partial charge in [-0.1, -0.05) is 50.1 Å². The smallest absolute Gasteiger partial charge is 0.756 e. The molecule has 6 saturated heterocycles. The second-order valence-corrected chi connectivity index (χ2v) is 44.1. The number of phosphoric ester groups is 6. The van der Waals surface area contributed by atoms with Crippen molar-refractivity contribution in [3.8, 4) is 0 Å². The van der Waals surface area contributed by atoms with Crippen molar-refractivity contribution >= 4 is 115 Å². The van der Waals surface area contributed by atoms with E-state index in [1.165, 1.54) is 52.8 Å². The van der Waals surface area contributed by atoms with Gasteiger partial charge in [0, 0.05) is 61.0 Å². The third-order valence-electron chi connectivity index (χ3n) is 17.3. The molecule has 0 aliphatic carbocycles. The molecule has 6 aliphatic rings. The van der Waals surface area contributed by atoms with Crippen LogP contribution in [-0.4, -0.2) is 309 Å². The van der Waals surface area contributed by atoms with Crippen LogP contribution >= 0.6 is 101 Å². The van der Waals surface area contributed by atoms with Crippen LogP contribution in [0.1, 0.15) is 31.2 Å². The number of aromatic nitrogens is 6. The number of H-pyrrole nitrogens is 3. The monoisotopic (exact) mass is 2150 g/mol. The van der Waals surface area contributed by atoms with Crippen molar-refractivity contribution in [3.05, 3.63) is 129 Å². The molecule has 6 aliphatic heterocycles. The summed E-state index contributed by atoms with van der Waals surface area (Å²) in [6.07, 6.45) is -44.9. The van der Waals surface area contributed by atoms with E-state index in [1.54, 1.807) is 13.2 Å². The van der Waals surface area contributed by atoms with Gasteiger partial charge in [-0.05, 0) is 46.9 Å². The maximum atomic E-state index is 12.6. The average Bonchev–Trinajstić information content (AvgIpc) is 1.12. The van der Waals surface area contributed by atoms with Gasteiger partial charge in [0.15, 0.2) is 42.7 Å². The molecule has 33 unspecified atom stereocenters. The number of rotatable bonds is 34. The first-order chi connectivity index (χ1) is 57.5. The SMILES string of the molecule is CC(=O)SSCC1OC(OP(=O)([O-])OP(=O)([O-])OCC2OC(n3ccc(=O)[nH]c3=O)C(O)C2O)C(O)C(O)C1O.CSSCC1OC(OP(=O)([O-])OP(=O)([O-])OCC2OC(n3ccc(=O)[nH]c3=O)C(O)C2O)C(O)C(O)C1O.Cc1ccc(S(=O)(=O)SCC2OC(OP(=O)([O-])OP(=O)([O-])OCC3OC(n4ccc(=O)[nH]c4=O)C(O)C3O)C(O)C(O)C2O)cc1.[Na+].[Na+].[Na+].[Na+].[Na+].[Na+]. The molecule has 4 aromatic rings. The van der Waals surface area contributed by atoms with Crippen molar-refractivity contribution in [2.45, 2.75) is 184 Å². The van der Waals surface area contributed by atoms with Crippen molar-refractivity contribution in [1.29, 1.82) is 0 Å². The maximum absolute atomic E-state index is 12.6. The predicted molar refractivity (Wildman–Crippen MR) is 399 cm³/mol. The minimum atomic E-state index is -6.04. The van der Waals surface area contributed by atoms with Gasteiger partial charge in [0.25, 0.3) is 63.6 Å². The number of ether oxygens (including phenoxy) is 6. The number of nitrogens with zero attached hydrogens (tertiary/aromatic N) is 3. The van der Waals surface area contributed by atoms with Crippen molar-refractivity contribution < 1.29 is 392 Å². The molecule has 0 saturated carbocycles. The van der Waals surface area contributed by atoms with Crippen molar-refractivity contribution in [3.63, 3.8) is 0 Å². The van der Waals surface area contributed by atoms with Gasteiger partial charge in [-0.25, -0.2) is 35.7 Å². The number of carbonyl (C=O) groups is 1. The van der Waals surface area contributed by atoms with Crippen LogP contribution in [0.5, 0.6) is 0 Å². The number of hydrogen-bond acceptors (Lipinski definition) is 56. The molecule has 0 amide bonds. The van der Waals surface area contributed by atoms with E-state index in [0.717, 1.165) is 63.9 Å². The van der Waals surface area contributed by atoms with E-state index in [1.807, 2.05) is 15.0 Å². The number of aryl methyl sites for hydroxylation is 1. The molecule has 0 bridgehead atoms. The average molecular weight is 2150 g/mol. The maximum Gasteiger partial charge on any atom is 1.00 e. The Hall–Kier alpha value is 2.57. The van der Waals surface area contributed by atoms with Crippen LogP contribution in [0.2, 0.25) is 0 Å². The zero-order valence-electron chi connectivity index (χ0n) is 68.5.